The van der Waals surface area contributed by atoms with Crippen molar-refractivity contribution in [1.29, 1.82) is 0 Å². The molecule has 0 bridgehead atoms. The fraction of sp³-hybridized carbons (Fsp3) is 0.200. The minimum Gasteiger partial charge on any atom is -0.310 e. The Kier molecular flexibility index (Phi) is 6.25. The first-order valence-corrected chi connectivity index (χ1v) is 16.5. The first-order chi connectivity index (χ1) is 22.0. The molecule has 0 radical (unpaired) electrons. The number of rotatable bonds is 4. The van der Waals surface area contributed by atoms with E-state index >= 15 is 0 Å². The van der Waals surface area contributed by atoms with Gasteiger partial charge in [0.05, 0.1) is 0 Å². The molecule has 0 unspecified atom stereocenters. The van der Waals surface area contributed by atoms with Crippen molar-refractivity contribution in [2.75, 3.05) is 4.90 Å². The average molecular weight is 596 g/mol. The first kappa shape index (κ1) is 28.6. The van der Waals surface area contributed by atoms with Crippen LogP contribution in [0.3, 0.4) is 0 Å². The lowest BCUT2D eigenvalue weighted by atomic mass is 9.81. The summed E-state index contributed by atoms with van der Waals surface area (Å²) in [5, 5.41) is 0. The fourth-order valence-electron chi connectivity index (χ4n) is 8.19. The molecule has 0 saturated heterocycles. The molecule has 2 aliphatic rings. The Bertz CT molecular complexity index is 2160. The van der Waals surface area contributed by atoms with E-state index in [0.29, 0.717) is 0 Å². The molecule has 0 aromatic heterocycles. The summed E-state index contributed by atoms with van der Waals surface area (Å²) in [4.78, 5) is 2.43. The van der Waals surface area contributed by atoms with Crippen molar-refractivity contribution in [3.63, 3.8) is 0 Å². The van der Waals surface area contributed by atoms with Gasteiger partial charge in [-0.05, 0) is 130 Å². The standard InChI is InChI=1S/C45H41N/c1-28-12-19-37-39-21-18-34(27-43(39)45(6,7)41(37)25-28)46(35-23-29(2)22-30(3)24-35)33-16-13-31(14-17-33)32-15-20-38-36-10-8-9-11-40(36)44(4,5)42(38)26-32/h8-27H,1-7H3. The second-order valence-corrected chi connectivity index (χ2v) is 14.6. The molecule has 1 heteroatoms. The smallest absolute Gasteiger partial charge is 0.0466 e. The quantitative estimate of drug-likeness (QED) is 0.196. The second-order valence-electron chi connectivity index (χ2n) is 14.6. The van der Waals surface area contributed by atoms with Gasteiger partial charge in [0.1, 0.15) is 0 Å². The zero-order valence-electron chi connectivity index (χ0n) is 28.0. The van der Waals surface area contributed by atoms with Gasteiger partial charge in [0.15, 0.2) is 0 Å². The van der Waals surface area contributed by atoms with E-state index in [0.717, 1.165) is 5.69 Å². The Morgan fingerprint density at radius 2 is 0.891 bits per heavy atom. The maximum Gasteiger partial charge on any atom is 0.0466 e. The molecule has 0 amide bonds. The summed E-state index contributed by atoms with van der Waals surface area (Å²) >= 11 is 0. The molecule has 0 N–H and O–H groups in total. The van der Waals surface area contributed by atoms with E-state index in [4.69, 9.17) is 0 Å². The van der Waals surface area contributed by atoms with E-state index < -0.39 is 0 Å². The number of benzene rings is 6. The fourth-order valence-corrected chi connectivity index (χ4v) is 8.19. The largest absolute Gasteiger partial charge is 0.310 e. The summed E-state index contributed by atoms with van der Waals surface area (Å²) in [6, 6.07) is 45.9. The van der Waals surface area contributed by atoms with Crippen LogP contribution >= 0.6 is 0 Å². The monoisotopic (exact) mass is 595 g/mol. The normalized spacial score (nSPS) is 14.8. The van der Waals surface area contributed by atoms with E-state index in [9.17, 15) is 0 Å². The Hall–Kier alpha value is -4.88. The zero-order valence-corrected chi connectivity index (χ0v) is 28.0. The van der Waals surface area contributed by atoms with E-state index in [-0.39, 0.29) is 10.8 Å². The van der Waals surface area contributed by atoms with Crippen LogP contribution in [0, 0.1) is 20.8 Å². The van der Waals surface area contributed by atoms with Gasteiger partial charge in [-0.3, -0.25) is 0 Å². The summed E-state index contributed by atoms with van der Waals surface area (Å²) in [5.41, 5.74) is 20.9. The first-order valence-electron chi connectivity index (χ1n) is 16.5. The molecular weight excluding hydrogens is 555 g/mol. The summed E-state index contributed by atoms with van der Waals surface area (Å²) in [6.07, 6.45) is 0. The third kappa shape index (κ3) is 4.29. The van der Waals surface area contributed by atoms with Gasteiger partial charge in [-0.1, -0.05) is 112 Å². The van der Waals surface area contributed by atoms with Gasteiger partial charge < -0.3 is 4.90 Å². The highest BCUT2D eigenvalue weighted by molar-refractivity contribution is 5.87. The molecule has 0 heterocycles. The highest BCUT2D eigenvalue weighted by atomic mass is 15.1. The van der Waals surface area contributed by atoms with E-state index in [1.54, 1.807) is 0 Å². The highest BCUT2D eigenvalue weighted by Gasteiger charge is 2.37. The van der Waals surface area contributed by atoms with Crippen LogP contribution in [0.4, 0.5) is 17.1 Å². The summed E-state index contributed by atoms with van der Waals surface area (Å²) < 4.78 is 0. The van der Waals surface area contributed by atoms with Crippen molar-refractivity contribution in [2.45, 2.75) is 59.3 Å². The van der Waals surface area contributed by atoms with Gasteiger partial charge in [0.25, 0.3) is 0 Å². The van der Waals surface area contributed by atoms with Crippen LogP contribution in [0.1, 0.15) is 66.6 Å². The molecule has 226 valence electrons. The number of aryl methyl sites for hydroxylation is 3. The molecule has 0 saturated carbocycles. The van der Waals surface area contributed by atoms with Crippen molar-refractivity contribution >= 4 is 17.1 Å². The SMILES string of the molecule is Cc1cc(C)cc(N(c2ccc(-c3ccc4c(c3)C(C)(C)c3ccccc3-4)cc2)c2ccc3c(c2)C(C)(C)c2cc(C)ccc2-3)c1. The van der Waals surface area contributed by atoms with Crippen molar-refractivity contribution in [3.8, 4) is 33.4 Å². The number of anilines is 3. The molecule has 0 atom stereocenters. The lowest BCUT2D eigenvalue weighted by Crippen LogP contribution is -2.17. The van der Waals surface area contributed by atoms with Gasteiger partial charge in [0, 0.05) is 27.9 Å². The Morgan fingerprint density at radius 1 is 0.370 bits per heavy atom. The second kappa shape index (κ2) is 10.1. The molecule has 1 nitrogen and oxygen atoms in total. The van der Waals surface area contributed by atoms with Crippen LogP contribution < -0.4 is 4.90 Å². The van der Waals surface area contributed by atoms with E-state index in [1.807, 2.05) is 0 Å². The Balaban J connectivity index is 1.22. The summed E-state index contributed by atoms with van der Waals surface area (Å²) in [5.74, 6) is 0. The van der Waals surface area contributed by atoms with Crippen molar-refractivity contribution < 1.29 is 0 Å². The van der Waals surface area contributed by atoms with Crippen LogP contribution in [-0.4, -0.2) is 0 Å². The predicted octanol–water partition coefficient (Wildman–Crippen LogP) is 12.4. The Morgan fingerprint density at radius 3 is 1.61 bits per heavy atom. The molecule has 2 aliphatic carbocycles. The number of hydrogen-bond donors (Lipinski definition) is 0. The number of hydrogen-bond acceptors (Lipinski definition) is 1. The molecule has 6 aromatic carbocycles. The summed E-state index contributed by atoms with van der Waals surface area (Å²) in [6.45, 7) is 16.0. The van der Waals surface area contributed by atoms with Gasteiger partial charge in [-0.25, -0.2) is 0 Å². The zero-order chi connectivity index (χ0) is 32.0. The van der Waals surface area contributed by atoms with E-state index in [1.165, 1.54) is 83.7 Å². The van der Waals surface area contributed by atoms with Crippen molar-refractivity contribution in [3.05, 3.63) is 160 Å². The molecule has 0 spiro atoms. The molecular formula is C45H41N. The van der Waals surface area contributed by atoms with Gasteiger partial charge in [-0.2, -0.15) is 0 Å². The maximum absolute atomic E-state index is 2.43. The molecule has 0 aliphatic heterocycles. The topological polar surface area (TPSA) is 3.24 Å². The number of fused-ring (bicyclic) bond motifs is 6. The van der Waals surface area contributed by atoms with Crippen LogP contribution in [0.2, 0.25) is 0 Å². The third-order valence-corrected chi connectivity index (χ3v) is 10.6. The predicted molar refractivity (Wildman–Crippen MR) is 196 cm³/mol. The third-order valence-electron chi connectivity index (χ3n) is 10.6. The van der Waals surface area contributed by atoms with Gasteiger partial charge >= 0.3 is 0 Å². The van der Waals surface area contributed by atoms with Crippen LogP contribution in [0.25, 0.3) is 33.4 Å². The van der Waals surface area contributed by atoms with Gasteiger partial charge in [0.2, 0.25) is 0 Å². The molecule has 8 rings (SSSR count). The minimum absolute atomic E-state index is 0.0125. The van der Waals surface area contributed by atoms with Gasteiger partial charge in [-0.15, -0.1) is 0 Å². The minimum atomic E-state index is -0.0637. The molecule has 46 heavy (non-hydrogen) atoms. The maximum atomic E-state index is 2.43. The number of nitrogens with zero attached hydrogens (tertiary/aromatic N) is 1. The molecule has 0 fully saturated rings. The van der Waals surface area contributed by atoms with Crippen molar-refractivity contribution in [2.24, 2.45) is 0 Å². The molecule has 6 aromatic rings. The van der Waals surface area contributed by atoms with Crippen LogP contribution in [0.5, 0.6) is 0 Å². The lowest BCUT2D eigenvalue weighted by molar-refractivity contribution is 0.660. The van der Waals surface area contributed by atoms with Crippen LogP contribution in [-0.2, 0) is 10.8 Å². The van der Waals surface area contributed by atoms with Crippen molar-refractivity contribution in [1.82, 2.24) is 0 Å². The summed E-state index contributed by atoms with van der Waals surface area (Å²) in [7, 11) is 0. The Labute approximate surface area is 274 Å². The highest BCUT2D eigenvalue weighted by Crippen LogP contribution is 2.52. The lowest BCUT2D eigenvalue weighted by Gasteiger charge is -2.29. The average Bonchev–Trinajstić information content (AvgIpc) is 3.40. The van der Waals surface area contributed by atoms with E-state index in [2.05, 4.69) is 175 Å². The van der Waals surface area contributed by atoms with Crippen LogP contribution in [0.15, 0.2) is 121 Å².